The molecule has 1 N–H and O–H groups in total. The van der Waals surface area contributed by atoms with Crippen LogP contribution in [0.4, 0.5) is 0 Å². The Balaban J connectivity index is 1.64. The minimum Gasteiger partial charge on any atom is -0.392 e. The van der Waals surface area contributed by atoms with Crippen LogP contribution in [0.1, 0.15) is 36.0 Å². The molecule has 0 spiro atoms. The van der Waals surface area contributed by atoms with Crippen molar-refractivity contribution in [2.75, 3.05) is 13.2 Å². The third-order valence-electron chi connectivity index (χ3n) is 4.42. The maximum atomic E-state index is 10.3. The summed E-state index contributed by atoms with van der Waals surface area (Å²) >= 11 is 0. The zero-order valence-corrected chi connectivity index (χ0v) is 10.9. The first-order valence-electron chi connectivity index (χ1n) is 7.19. The molecule has 2 heteroatoms. The number of rotatable bonds is 3. The number of aliphatic hydroxyl groups excluding tert-OH is 1. The van der Waals surface area contributed by atoms with E-state index in [-0.39, 0.29) is 6.10 Å². The minimum atomic E-state index is -0.201. The number of ether oxygens (including phenoxy) is 1. The molecule has 1 aliphatic carbocycles. The molecule has 0 amide bonds. The highest BCUT2D eigenvalue weighted by Crippen LogP contribution is 2.25. The summed E-state index contributed by atoms with van der Waals surface area (Å²) in [6, 6.07) is 6.77. The van der Waals surface area contributed by atoms with Crippen molar-refractivity contribution in [1.82, 2.24) is 0 Å². The van der Waals surface area contributed by atoms with E-state index in [9.17, 15) is 5.11 Å². The van der Waals surface area contributed by atoms with E-state index < -0.39 is 0 Å². The molecule has 1 aromatic carbocycles. The molecular weight excluding hydrogens is 224 g/mol. The second-order valence-electron chi connectivity index (χ2n) is 5.68. The summed E-state index contributed by atoms with van der Waals surface area (Å²) in [5, 5.41) is 10.3. The van der Waals surface area contributed by atoms with Gasteiger partial charge in [-0.05, 0) is 61.1 Å². The number of hydrogen-bond acceptors (Lipinski definition) is 2. The molecular formula is C16H22O2. The molecule has 1 fully saturated rings. The van der Waals surface area contributed by atoms with E-state index in [0.29, 0.717) is 5.92 Å². The Bertz CT molecular complexity index is 408. The first-order chi connectivity index (χ1) is 8.83. The van der Waals surface area contributed by atoms with Gasteiger partial charge in [0.1, 0.15) is 0 Å². The van der Waals surface area contributed by atoms with Crippen LogP contribution in [0.3, 0.4) is 0 Å². The molecule has 1 aromatic rings. The van der Waals surface area contributed by atoms with Gasteiger partial charge in [-0.25, -0.2) is 0 Å². The molecule has 18 heavy (non-hydrogen) atoms. The predicted octanol–water partition coefficient (Wildman–Crippen LogP) is 2.51. The highest BCUT2D eigenvalue weighted by molar-refractivity contribution is 5.35. The summed E-state index contributed by atoms with van der Waals surface area (Å²) in [4.78, 5) is 0. The van der Waals surface area contributed by atoms with E-state index in [1.165, 1.54) is 36.0 Å². The van der Waals surface area contributed by atoms with Crippen molar-refractivity contribution in [3.63, 3.8) is 0 Å². The Labute approximate surface area is 109 Å². The summed E-state index contributed by atoms with van der Waals surface area (Å²) in [5.74, 6) is 0.423. The second kappa shape index (κ2) is 5.41. The quantitative estimate of drug-likeness (QED) is 0.888. The summed E-state index contributed by atoms with van der Waals surface area (Å²) in [7, 11) is 0. The molecule has 1 aliphatic heterocycles. The van der Waals surface area contributed by atoms with Gasteiger partial charge in [0.2, 0.25) is 0 Å². The molecule has 0 bridgehead atoms. The molecule has 0 saturated carbocycles. The fourth-order valence-corrected chi connectivity index (χ4v) is 3.26. The Hall–Kier alpha value is -0.860. The first-order valence-corrected chi connectivity index (χ1v) is 7.19. The maximum absolute atomic E-state index is 10.3. The van der Waals surface area contributed by atoms with Crippen LogP contribution in [0, 0.1) is 5.92 Å². The molecule has 0 radical (unpaired) electrons. The van der Waals surface area contributed by atoms with Crippen LogP contribution < -0.4 is 0 Å². The molecule has 1 atom stereocenters. The van der Waals surface area contributed by atoms with Crippen LogP contribution in [0.5, 0.6) is 0 Å². The summed E-state index contributed by atoms with van der Waals surface area (Å²) in [6.07, 6.45) is 6.36. The Morgan fingerprint density at radius 3 is 2.78 bits per heavy atom. The van der Waals surface area contributed by atoms with Gasteiger partial charge in [-0.2, -0.15) is 0 Å². The van der Waals surface area contributed by atoms with Gasteiger partial charge in [0, 0.05) is 13.2 Å². The number of aliphatic hydroxyl groups is 1. The number of benzene rings is 1. The van der Waals surface area contributed by atoms with Gasteiger partial charge in [-0.3, -0.25) is 0 Å². The monoisotopic (exact) mass is 246 g/mol. The van der Waals surface area contributed by atoms with Gasteiger partial charge in [-0.1, -0.05) is 18.2 Å². The third-order valence-corrected chi connectivity index (χ3v) is 4.42. The van der Waals surface area contributed by atoms with Gasteiger partial charge < -0.3 is 9.84 Å². The smallest absolute Gasteiger partial charge is 0.0610 e. The average molecular weight is 246 g/mol. The van der Waals surface area contributed by atoms with Crippen molar-refractivity contribution in [2.24, 2.45) is 5.92 Å². The first kappa shape index (κ1) is 12.2. The normalized spacial score (nSPS) is 21.8. The van der Waals surface area contributed by atoms with Gasteiger partial charge in [0.15, 0.2) is 0 Å². The van der Waals surface area contributed by atoms with Crippen LogP contribution in [0.2, 0.25) is 0 Å². The molecule has 98 valence electrons. The van der Waals surface area contributed by atoms with Crippen LogP contribution in [-0.4, -0.2) is 24.4 Å². The number of fused-ring (bicyclic) bond motifs is 1. The van der Waals surface area contributed by atoms with E-state index in [2.05, 4.69) is 18.2 Å². The predicted molar refractivity (Wildman–Crippen MR) is 71.7 cm³/mol. The van der Waals surface area contributed by atoms with E-state index in [1.807, 2.05) is 0 Å². The molecule has 1 heterocycles. The van der Waals surface area contributed by atoms with Crippen molar-refractivity contribution < 1.29 is 9.84 Å². The van der Waals surface area contributed by atoms with Crippen molar-refractivity contribution in [3.8, 4) is 0 Å². The van der Waals surface area contributed by atoms with E-state index in [1.54, 1.807) is 0 Å². The zero-order chi connectivity index (χ0) is 12.4. The van der Waals surface area contributed by atoms with Crippen LogP contribution in [0.15, 0.2) is 18.2 Å². The van der Waals surface area contributed by atoms with E-state index in [0.717, 1.165) is 32.5 Å². The van der Waals surface area contributed by atoms with Gasteiger partial charge in [0.05, 0.1) is 6.10 Å². The lowest BCUT2D eigenvalue weighted by Crippen LogP contribution is -2.28. The SMILES string of the molecule is OC(Cc1ccc2c(c1)CCC2)C1CCOCC1. The highest BCUT2D eigenvalue weighted by Gasteiger charge is 2.22. The van der Waals surface area contributed by atoms with E-state index >= 15 is 0 Å². The molecule has 0 aromatic heterocycles. The molecule has 2 aliphatic rings. The van der Waals surface area contributed by atoms with Crippen molar-refractivity contribution in [2.45, 2.75) is 44.6 Å². The highest BCUT2D eigenvalue weighted by atomic mass is 16.5. The Kier molecular flexibility index (Phi) is 3.67. The number of hydrogen-bond donors (Lipinski definition) is 1. The number of aryl methyl sites for hydroxylation is 2. The van der Waals surface area contributed by atoms with Crippen LogP contribution >= 0.6 is 0 Å². The molecule has 3 rings (SSSR count). The Morgan fingerprint density at radius 1 is 1.17 bits per heavy atom. The third kappa shape index (κ3) is 2.60. The summed E-state index contributed by atoms with van der Waals surface area (Å²) in [6.45, 7) is 1.62. The van der Waals surface area contributed by atoms with E-state index in [4.69, 9.17) is 4.74 Å². The standard InChI is InChI=1S/C16H22O2/c17-16(14-6-8-18-9-7-14)11-12-4-5-13-2-1-3-15(13)10-12/h4-5,10,14,16-17H,1-3,6-9,11H2. The molecule has 2 nitrogen and oxygen atoms in total. The van der Waals surface area contributed by atoms with Crippen LogP contribution in [-0.2, 0) is 24.0 Å². The zero-order valence-electron chi connectivity index (χ0n) is 10.9. The van der Waals surface area contributed by atoms with Crippen molar-refractivity contribution >= 4 is 0 Å². The molecule has 1 saturated heterocycles. The Morgan fingerprint density at radius 2 is 1.94 bits per heavy atom. The average Bonchev–Trinajstić information content (AvgIpc) is 2.87. The van der Waals surface area contributed by atoms with Crippen molar-refractivity contribution in [3.05, 3.63) is 34.9 Å². The van der Waals surface area contributed by atoms with Gasteiger partial charge >= 0.3 is 0 Å². The maximum Gasteiger partial charge on any atom is 0.0610 e. The fraction of sp³-hybridized carbons (Fsp3) is 0.625. The summed E-state index contributed by atoms with van der Waals surface area (Å²) in [5.41, 5.74) is 4.32. The van der Waals surface area contributed by atoms with Gasteiger partial charge in [-0.15, -0.1) is 0 Å². The second-order valence-corrected chi connectivity index (χ2v) is 5.68. The lowest BCUT2D eigenvalue weighted by molar-refractivity contribution is 0.00839. The molecule has 1 unspecified atom stereocenters. The lowest BCUT2D eigenvalue weighted by atomic mass is 9.89. The minimum absolute atomic E-state index is 0.201. The topological polar surface area (TPSA) is 29.5 Å². The lowest BCUT2D eigenvalue weighted by Gasteiger charge is -2.26. The fourth-order valence-electron chi connectivity index (χ4n) is 3.26. The summed E-state index contributed by atoms with van der Waals surface area (Å²) < 4.78 is 5.35. The van der Waals surface area contributed by atoms with Gasteiger partial charge in [0.25, 0.3) is 0 Å². The van der Waals surface area contributed by atoms with Crippen molar-refractivity contribution in [1.29, 1.82) is 0 Å². The largest absolute Gasteiger partial charge is 0.392 e. The van der Waals surface area contributed by atoms with Crippen LogP contribution in [0.25, 0.3) is 0 Å².